The normalized spacial score (nSPS) is 15.3. The van der Waals surface area contributed by atoms with Crippen LogP contribution in [0.25, 0.3) is 0 Å². The number of hydrogen-bond acceptors (Lipinski definition) is 9. The summed E-state index contributed by atoms with van der Waals surface area (Å²) in [5.41, 5.74) is 0.123. The standard InChI is InChI=1S/C20H24N6O5.C2HF3O2/c1-13(2)17-12-24(18-11-21-15(10-22-18)19(27)31-3)8-9-25(17)20(28)23-14-6-4-5-7-16(14)26(29)30;3-2(4,5)1(6)7/h4-7,10-11,13,17H,8-9,12H2,1-3H3,(H,23,28);(H,6,7). The molecule has 38 heavy (non-hydrogen) atoms. The monoisotopic (exact) mass is 542 g/mol. The molecule has 16 heteroatoms. The van der Waals surface area contributed by atoms with E-state index in [1.807, 2.05) is 18.7 Å². The van der Waals surface area contributed by atoms with E-state index in [1.165, 1.54) is 31.6 Å². The van der Waals surface area contributed by atoms with Crippen molar-refractivity contribution in [1.29, 1.82) is 0 Å². The SMILES string of the molecule is COC(=O)c1cnc(N2CCN(C(=O)Nc3ccccc3[N+](=O)[O-])C(C(C)C)C2)cn1.O=C(O)C(F)(F)F. The van der Waals surface area contributed by atoms with Gasteiger partial charge < -0.3 is 25.0 Å². The molecule has 3 rings (SSSR count). The van der Waals surface area contributed by atoms with Crippen LogP contribution in [0.1, 0.15) is 24.3 Å². The van der Waals surface area contributed by atoms with E-state index in [0.717, 1.165) is 0 Å². The number of carboxylic acids is 1. The summed E-state index contributed by atoms with van der Waals surface area (Å²) in [4.78, 5) is 56.2. The van der Waals surface area contributed by atoms with E-state index in [2.05, 4.69) is 20.0 Å². The minimum absolute atomic E-state index is 0.120. The topological polar surface area (TPSA) is 168 Å². The molecule has 2 aromatic rings. The predicted octanol–water partition coefficient (Wildman–Crippen LogP) is 3.18. The lowest BCUT2D eigenvalue weighted by Gasteiger charge is -2.43. The Balaban J connectivity index is 0.000000638. The number of nitrogens with zero attached hydrogens (tertiary/aromatic N) is 5. The van der Waals surface area contributed by atoms with Gasteiger partial charge in [0.2, 0.25) is 0 Å². The lowest BCUT2D eigenvalue weighted by Crippen LogP contribution is -2.58. The molecule has 1 fully saturated rings. The number of halogens is 3. The summed E-state index contributed by atoms with van der Waals surface area (Å²) in [5.74, 6) is -2.60. The average molecular weight is 542 g/mol. The quantitative estimate of drug-likeness (QED) is 0.325. The van der Waals surface area contributed by atoms with E-state index in [9.17, 15) is 32.9 Å². The van der Waals surface area contributed by atoms with Gasteiger partial charge in [0.25, 0.3) is 5.69 Å². The van der Waals surface area contributed by atoms with E-state index in [-0.39, 0.29) is 35.1 Å². The van der Waals surface area contributed by atoms with Crippen LogP contribution in [0, 0.1) is 16.0 Å². The van der Waals surface area contributed by atoms with Crippen molar-refractivity contribution in [2.75, 3.05) is 37.0 Å². The lowest BCUT2D eigenvalue weighted by atomic mass is 10.00. The Morgan fingerprint density at radius 1 is 1.18 bits per heavy atom. The maximum atomic E-state index is 12.9. The Bertz CT molecular complexity index is 1160. The highest BCUT2D eigenvalue weighted by Crippen LogP contribution is 2.26. The second kappa shape index (κ2) is 12.6. The highest BCUT2D eigenvalue weighted by Gasteiger charge is 2.38. The molecule has 2 amide bonds. The van der Waals surface area contributed by atoms with Gasteiger partial charge in [0.1, 0.15) is 11.5 Å². The number of aliphatic carboxylic acids is 1. The number of carbonyl (C=O) groups excluding carboxylic acids is 2. The van der Waals surface area contributed by atoms with Crippen molar-refractivity contribution in [3.63, 3.8) is 0 Å². The van der Waals surface area contributed by atoms with E-state index >= 15 is 0 Å². The first-order valence-corrected chi connectivity index (χ1v) is 11.0. The number of urea groups is 1. The molecule has 0 saturated carbocycles. The number of carboxylic acid groups (broad SMARTS) is 1. The summed E-state index contributed by atoms with van der Waals surface area (Å²) in [6.07, 6.45) is -2.22. The number of hydrogen-bond donors (Lipinski definition) is 2. The number of rotatable bonds is 5. The number of esters is 1. The Labute approximate surface area is 214 Å². The van der Waals surface area contributed by atoms with Gasteiger partial charge in [0.05, 0.1) is 30.5 Å². The molecule has 206 valence electrons. The molecule has 0 spiro atoms. The zero-order chi connectivity index (χ0) is 28.6. The molecule has 1 saturated heterocycles. The van der Waals surface area contributed by atoms with Gasteiger partial charge >= 0.3 is 24.1 Å². The maximum absolute atomic E-state index is 12.9. The Morgan fingerprint density at radius 3 is 2.32 bits per heavy atom. The Hall–Kier alpha value is -4.50. The van der Waals surface area contributed by atoms with Gasteiger partial charge in [-0.2, -0.15) is 13.2 Å². The van der Waals surface area contributed by atoms with Gasteiger partial charge in [-0.15, -0.1) is 0 Å². The van der Waals surface area contributed by atoms with Crippen molar-refractivity contribution in [3.8, 4) is 0 Å². The average Bonchev–Trinajstić information content (AvgIpc) is 2.87. The molecule has 1 aromatic carbocycles. The highest BCUT2D eigenvalue weighted by atomic mass is 19.4. The Morgan fingerprint density at radius 2 is 1.82 bits per heavy atom. The molecule has 2 N–H and O–H groups in total. The molecular formula is C22H25F3N6O7. The molecule has 0 aliphatic carbocycles. The van der Waals surface area contributed by atoms with Crippen LogP contribution in [-0.2, 0) is 9.53 Å². The first-order chi connectivity index (χ1) is 17.8. The van der Waals surface area contributed by atoms with Crippen LogP contribution >= 0.6 is 0 Å². The van der Waals surface area contributed by atoms with Gasteiger partial charge in [0.15, 0.2) is 5.69 Å². The molecule has 13 nitrogen and oxygen atoms in total. The summed E-state index contributed by atoms with van der Waals surface area (Å²) in [6, 6.07) is 5.50. The van der Waals surface area contributed by atoms with E-state index in [4.69, 9.17) is 9.90 Å². The minimum Gasteiger partial charge on any atom is -0.475 e. The van der Waals surface area contributed by atoms with E-state index in [1.54, 1.807) is 17.0 Å². The molecule has 1 aliphatic heterocycles. The second-order valence-electron chi connectivity index (χ2n) is 8.21. The molecule has 1 unspecified atom stereocenters. The number of anilines is 2. The van der Waals surface area contributed by atoms with Crippen LogP contribution in [0.5, 0.6) is 0 Å². The van der Waals surface area contributed by atoms with Crippen LogP contribution < -0.4 is 10.2 Å². The number of nitro groups is 1. The number of benzene rings is 1. The fourth-order valence-electron chi connectivity index (χ4n) is 3.46. The number of amides is 2. The van der Waals surface area contributed by atoms with Crippen molar-refractivity contribution in [2.24, 2.45) is 5.92 Å². The molecule has 1 atom stereocenters. The van der Waals surface area contributed by atoms with Gasteiger partial charge in [-0.3, -0.25) is 10.1 Å². The summed E-state index contributed by atoms with van der Waals surface area (Å²) < 4.78 is 36.4. The van der Waals surface area contributed by atoms with Crippen LogP contribution in [0.15, 0.2) is 36.7 Å². The number of aromatic nitrogens is 2. The van der Waals surface area contributed by atoms with Crippen LogP contribution in [0.4, 0.5) is 35.2 Å². The number of ether oxygens (including phenoxy) is 1. The Kier molecular flexibility index (Phi) is 9.89. The molecule has 0 bridgehead atoms. The van der Waals surface area contributed by atoms with E-state index in [0.29, 0.717) is 25.5 Å². The lowest BCUT2D eigenvalue weighted by molar-refractivity contribution is -0.383. The first kappa shape index (κ1) is 29.7. The molecule has 2 heterocycles. The molecule has 0 radical (unpaired) electrons. The number of carbonyl (C=O) groups is 3. The van der Waals surface area contributed by atoms with Crippen molar-refractivity contribution in [2.45, 2.75) is 26.1 Å². The minimum atomic E-state index is -5.08. The van der Waals surface area contributed by atoms with Crippen molar-refractivity contribution in [1.82, 2.24) is 14.9 Å². The summed E-state index contributed by atoms with van der Waals surface area (Å²) in [6.45, 7) is 5.42. The third kappa shape index (κ3) is 7.75. The molecule has 1 aromatic heterocycles. The van der Waals surface area contributed by atoms with Crippen molar-refractivity contribution in [3.05, 3.63) is 52.5 Å². The third-order valence-corrected chi connectivity index (χ3v) is 5.39. The maximum Gasteiger partial charge on any atom is 0.490 e. The van der Waals surface area contributed by atoms with Crippen LogP contribution in [-0.4, -0.2) is 81.8 Å². The number of nitro benzene ring substituents is 1. The number of para-hydroxylation sites is 2. The number of nitrogens with one attached hydrogen (secondary N) is 1. The summed E-state index contributed by atoms with van der Waals surface area (Å²) in [5, 5.41) is 21.0. The number of alkyl halides is 3. The van der Waals surface area contributed by atoms with Crippen LogP contribution in [0.2, 0.25) is 0 Å². The van der Waals surface area contributed by atoms with Crippen molar-refractivity contribution >= 4 is 35.2 Å². The van der Waals surface area contributed by atoms with Crippen LogP contribution in [0.3, 0.4) is 0 Å². The fraction of sp³-hybridized carbons (Fsp3) is 0.409. The summed E-state index contributed by atoms with van der Waals surface area (Å²) in [7, 11) is 1.28. The molecular weight excluding hydrogens is 517 g/mol. The second-order valence-corrected chi connectivity index (χ2v) is 8.21. The smallest absolute Gasteiger partial charge is 0.475 e. The summed E-state index contributed by atoms with van der Waals surface area (Å²) >= 11 is 0. The van der Waals surface area contributed by atoms with Gasteiger partial charge in [-0.05, 0) is 12.0 Å². The van der Waals surface area contributed by atoms with Gasteiger partial charge in [-0.25, -0.2) is 24.4 Å². The predicted molar refractivity (Wildman–Crippen MR) is 127 cm³/mol. The van der Waals surface area contributed by atoms with Gasteiger partial charge in [0, 0.05) is 25.7 Å². The fourth-order valence-corrected chi connectivity index (χ4v) is 3.46. The first-order valence-electron chi connectivity index (χ1n) is 11.0. The molecule has 1 aliphatic rings. The third-order valence-electron chi connectivity index (χ3n) is 5.39. The number of piperazine rings is 1. The van der Waals surface area contributed by atoms with Crippen molar-refractivity contribution < 1.29 is 42.3 Å². The number of methoxy groups -OCH3 is 1. The van der Waals surface area contributed by atoms with E-state index < -0.39 is 23.0 Å². The zero-order valence-electron chi connectivity index (χ0n) is 20.5. The highest BCUT2D eigenvalue weighted by molar-refractivity contribution is 5.92. The largest absolute Gasteiger partial charge is 0.490 e. The zero-order valence-corrected chi connectivity index (χ0v) is 20.5. The van der Waals surface area contributed by atoms with Gasteiger partial charge in [-0.1, -0.05) is 26.0 Å².